The molecule has 1 amide bonds. The fraction of sp³-hybridized carbons (Fsp3) is 0. The Bertz CT molecular complexity index is 1240. The van der Waals surface area contributed by atoms with E-state index in [0.29, 0.717) is 26.3 Å². The third kappa shape index (κ3) is 5.00. The number of nitro groups is 1. The minimum absolute atomic E-state index is 0.0110. The molecular weight excluding hydrogens is 434 g/mol. The summed E-state index contributed by atoms with van der Waals surface area (Å²) in [5, 5.41) is 20.9. The van der Waals surface area contributed by atoms with Crippen LogP contribution in [0.15, 0.2) is 77.2 Å². The van der Waals surface area contributed by atoms with Crippen LogP contribution in [-0.4, -0.2) is 22.0 Å². The second-order valence-corrected chi connectivity index (χ2v) is 8.16. The molecule has 10 heteroatoms. The van der Waals surface area contributed by atoms with Crippen LogP contribution in [-0.2, 0) is 0 Å². The van der Waals surface area contributed by atoms with Crippen molar-refractivity contribution in [3.8, 4) is 11.3 Å². The highest BCUT2D eigenvalue weighted by Gasteiger charge is 2.17. The van der Waals surface area contributed by atoms with Crippen molar-refractivity contribution in [2.75, 3.05) is 10.7 Å². The number of carbonyl (C=O) groups is 1. The lowest BCUT2D eigenvalue weighted by Gasteiger charge is -2.03. The number of hydrogen-bond donors (Lipinski definition) is 2. The number of thiophene rings is 1. The van der Waals surface area contributed by atoms with Gasteiger partial charge >= 0.3 is 0 Å². The van der Waals surface area contributed by atoms with Gasteiger partial charge in [0.15, 0.2) is 0 Å². The maximum Gasteiger partial charge on any atom is 0.270 e. The largest absolute Gasteiger partial charge is 0.311 e. The number of nitrogens with zero attached hydrogens (tertiary/aromatic N) is 3. The van der Waals surface area contributed by atoms with Crippen LogP contribution in [0.25, 0.3) is 11.3 Å². The Morgan fingerprint density at radius 2 is 1.94 bits per heavy atom. The maximum atomic E-state index is 12.5. The number of rotatable bonds is 7. The smallest absolute Gasteiger partial charge is 0.270 e. The fourth-order valence-corrected chi connectivity index (χ4v) is 4.15. The van der Waals surface area contributed by atoms with E-state index in [1.807, 2.05) is 41.8 Å². The first-order chi connectivity index (χ1) is 15.1. The molecule has 0 aliphatic rings. The van der Waals surface area contributed by atoms with Crippen LogP contribution in [0.1, 0.15) is 15.2 Å². The molecule has 4 aromatic rings. The molecule has 2 aromatic carbocycles. The Labute approximate surface area is 185 Å². The second-order valence-electron chi connectivity index (χ2n) is 6.22. The van der Waals surface area contributed by atoms with Gasteiger partial charge in [0.25, 0.3) is 11.6 Å². The molecule has 0 bridgehead atoms. The monoisotopic (exact) mass is 449 g/mol. The first-order valence-electron chi connectivity index (χ1n) is 9.05. The molecule has 0 fully saturated rings. The van der Waals surface area contributed by atoms with Gasteiger partial charge in [-0.2, -0.15) is 5.10 Å². The summed E-state index contributed by atoms with van der Waals surface area (Å²) in [6.07, 6.45) is 1.47. The van der Waals surface area contributed by atoms with Gasteiger partial charge in [0.2, 0.25) is 5.13 Å². The molecule has 0 spiro atoms. The molecule has 0 saturated carbocycles. The van der Waals surface area contributed by atoms with Gasteiger partial charge in [-0.25, -0.2) is 4.98 Å². The zero-order chi connectivity index (χ0) is 21.6. The predicted molar refractivity (Wildman–Crippen MR) is 124 cm³/mol. The van der Waals surface area contributed by atoms with Gasteiger partial charge in [-0.15, -0.1) is 11.3 Å². The zero-order valence-electron chi connectivity index (χ0n) is 15.9. The number of thiazole rings is 1. The van der Waals surface area contributed by atoms with E-state index in [9.17, 15) is 14.9 Å². The molecule has 2 N–H and O–H groups in total. The average molecular weight is 450 g/mol. The molecule has 2 heterocycles. The van der Waals surface area contributed by atoms with Crippen LogP contribution >= 0.6 is 22.7 Å². The van der Waals surface area contributed by atoms with E-state index in [1.54, 1.807) is 18.2 Å². The molecule has 8 nitrogen and oxygen atoms in total. The number of nitro benzene ring substituents is 1. The number of hydrazone groups is 1. The van der Waals surface area contributed by atoms with E-state index in [1.165, 1.54) is 41.0 Å². The first-order valence-corrected chi connectivity index (χ1v) is 10.7. The second kappa shape index (κ2) is 9.28. The number of anilines is 2. The molecule has 0 radical (unpaired) electrons. The van der Waals surface area contributed by atoms with Crippen molar-refractivity contribution in [3.05, 3.63) is 92.7 Å². The molecule has 4 rings (SSSR count). The Morgan fingerprint density at radius 3 is 2.68 bits per heavy atom. The number of amides is 1. The molecule has 2 aromatic heterocycles. The van der Waals surface area contributed by atoms with Crippen molar-refractivity contribution in [3.63, 3.8) is 0 Å². The van der Waals surface area contributed by atoms with Gasteiger partial charge in [-0.1, -0.05) is 59.9 Å². The summed E-state index contributed by atoms with van der Waals surface area (Å²) < 4.78 is 0. The molecule has 0 aliphatic heterocycles. The lowest BCUT2D eigenvalue weighted by atomic mass is 10.2. The summed E-state index contributed by atoms with van der Waals surface area (Å²) in [6, 6.07) is 19.2. The third-order valence-corrected chi connectivity index (χ3v) is 5.85. The van der Waals surface area contributed by atoms with Crippen LogP contribution in [0.4, 0.5) is 15.8 Å². The van der Waals surface area contributed by atoms with Crippen molar-refractivity contribution in [2.24, 2.45) is 5.10 Å². The normalized spacial score (nSPS) is 10.8. The number of hydrogen-bond acceptors (Lipinski definition) is 8. The van der Waals surface area contributed by atoms with Crippen LogP contribution in [0, 0.1) is 10.1 Å². The number of nitrogens with one attached hydrogen (secondary N) is 2. The predicted octanol–water partition coefficient (Wildman–Crippen LogP) is 5.48. The molecule has 0 atom stereocenters. The third-order valence-electron chi connectivity index (χ3n) is 4.10. The number of aromatic nitrogens is 1. The van der Waals surface area contributed by atoms with Crippen molar-refractivity contribution in [1.29, 1.82) is 0 Å². The summed E-state index contributed by atoms with van der Waals surface area (Å²) in [4.78, 5) is 28.1. The Balaban J connectivity index is 1.57. The standard InChI is InChI=1S/C21H15N5O3S2/c27-19(17-10-5-11-30-17)24-20-18(15-7-2-1-3-8-15)23-21(31-20)25-22-13-14-6-4-9-16(12-14)26(28)29/h1-13H,(H,23,25)(H,24,27)/b22-13-. The summed E-state index contributed by atoms with van der Waals surface area (Å²) >= 11 is 2.61. The van der Waals surface area contributed by atoms with Gasteiger partial charge in [0, 0.05) is 23.3 Å². The molecule has 154 valence electrons. The Morgan fingerprint density at radius 1 is 1.10 bits per heavy atom. The molecule has 31 heavy (non-hydrogen) atoms. The summed E-state index contributed by atoms with van der Waals surface area (Å²) in [6.45, 7) is 0. The highest BCUT2D eigenvalue weighted by atomic mass is 32.1. The van der Waals surface area contributed by atoms with Crippen LogP contribution in [0.2, 0.25) is 0 Å². The zero-order valence-corrected chi connectivity index (χ0v) is 17.5. The minimum Gasteiger partial charge on any atom is -0.311 e. The quantitative estimate of drug-likeness (QED) is 0.221. The van der Waals surface area contributed by atoms with E-state index in [-0.39, 0.29) is 11.6 Å². The number of benzene rings is 2. The molecular formula is C21H15N5O3S2. The van der Waals surface area contributed by atoms with Gasteiger partial charge < -0.3 is 5.32 Å². The number of carbonyl (C=O) groups excluding carboxylic acids is 1. The first kappa shape index (κ1) is 20.4. The van der Waals surface area contributed by atoms with E-state index in [4.69, 9.17) is 0 Å². The minimum atomic E-state index is -0.458. The topological polar surface area (TPSA) is 110 Å². The van der Waals surface area contributed by atoms with Crippen LogP contribution in [0.5, 0.6) is 0 Å². The Hall–Kier alpha value is -3.89. The van der Waals surface area contributed by atoms with E-state index in [2.05, 4.69) is 20.8 Å². The van der Waals surface area contributed by atoms with Crippen LogP contribution < -0.4 is 10.7 Å². The maximum absolute atomic E-state index is 12.5. The van der Waals surface area contributed by atoms with Crippen molar-refractivity contribution in [2.45, 2.75) is 0 Å². The lowest BCUT2D eigenvalue weighted by molar-refractivity contribution is -0.384. The van der Waals surface area contributed by atoms with Gasteiger partial charge in [-0.3, -0.25) is 20.3 Å². The molecule has 0 aliphatic carbocycles. The SMILES string of the molecule is O=C(Nc1sc(N/N=C\c2cccc([N+](=O)[O-])c2)nc1-c1ccccc1)c1cccs1. The van der Waals surface area contributed by atoms with Gasteiger partial charge in [0.1, 0.15) is 10.7 Å². The molecule has 0 saturated heterocycles. The number of non-ortho nitro benzene ring substituents is 1. The van der Waals surface area contributed by atoms with Gasteiger partial charge in [0.05, 0.1) is 16.0 Å². The molecule has 0 unspecified atom stereocenters. The Kier molecular flexibility index (Phi) is 6.11. The van der Waals surface area contributed by atoms with Gasteiger partial charge in [-0.05, 0) is 11.4 Å². The average Bonchev–Trinajstić information content (AvgIpc) is 3.45. The van der Waals surface area contributed by atoms with E-state index >= 15 is 0 Å². The lowest BCUT2D eigenvalue weighted by Crippen LogP contribution is -2.09. The highest BCUT2D eigenvalue weighted by Crippen LogP contribution is 2.36. The van der Waals surface area contributed by atoms with Crippen molar-refractivity contribution in [1.82, 2.24) is 4.98 Å². The van der Waals surface area contributed by atoms with E-state index < -0.39 is 4.92 Å². The van der Waals surface area contributed by atoms with Crippen molar-refractivity contribution < 1.29 is 9.72 Å². The van der Waals surface area contributed by atoms with E-state index in [0.717, 1.165) is 5.56 Å². The highest BCUT2D eigenvalue weighted by molar-refractivity contribution is 7.20. The van der Waals surface area contributed by atoms with Crippen LogP contribution in [0.3, 0.4) is 0 Å². The fourth-order valence-electron chi connectivity index (χ4n) is 2.70. The van der Waals surface area contributed by atoms with Crippen molar-refractivity contribution >= 4 is 50.6 Å². The summed E-state index contributed by atoms with van der Waals surface area (Å²) in [7, 11) is 0. The summed E-state index contributed by atoms with van der Waals surface area (Å²) in [5.41, 5.74) is 4.89. The summed E-state index contributed by atoms with van der Waals surface area (Å²) in [5.74, 6) is -0.206.